The normalized spacial score (nSPS) is 15.1. The largest absolute Gasteiger partial charge is 0.492 e. The number of nitrogens with zero attached hydrogens (tertiary/aromatic N) is 3. The zero-order valence-corrected chi connectivity index (χ0v) is 15.1. The van der Waals surface area contributed by atoms with Crippen LogP contribution in [-0.4, -0.2) is 53.8 Å². The number of halogens is 3. The Hall–Kier alpha value is -2.71. The SMILES string of the molecule is CCOc1ccccc1N1CCN(C(=O)c2c(C(F)(F)F)n[nH]c2C)CC1. The molecule has 27 heavy (non-hydrogen) atoms. The van der Waals surface area contributed by atoms with Crippen molar-refractivity contribution >= 4 is 11.6 Å². The van der Waals surface area contributed by atoms with Crippen molar-refractivity contribution in [2.45, 2.75) is 20.0 Å². The van der Waals surface area contributed by atoms with E-state index in [4.69, 9.17) is 4.74 Å². The number of aromatic amines is 1. The molecule has 2 heterocycles. The minimum Gasteiger partial charge on any atom is -0.492 e. The number of rotatable bonds is 4. The summed E-state index contributed by atoms with van der Waals surface area (Å²) in [6.07, 6.45) is -4.67. The van der Waals surface area contributed by atoms with Gasteiger partial charge in [0, 0.05) is 31.9 Å². The maximum Gasteiger partial charge on any atom is 0.435 e. The third kappa shape index (κ3) is 3.86. The fourth-order valence-electron chi connectivity index (χ4n) is 3.20. The van der Waals surface area contributed by atoms with E-state index in [0.717, 1.165) is 11.4 Å². The number of nitrogens with one attached hydrogen (secondary N) is 1. The maximum atomic E-state index is 13.1. The number of piperazine rings is 1. The molecule has 0 aliphatic carbocycles. The molecule has 1 aliphatic rings. The van der Waals surface area contributed by atoms with Crippen LogP contribution in [0.1, 0.15) is 28.7 Å². The second kappa shape index (κ2) is 7.50. The van der Waals surface area contributed by atoms with Gasteiger partial charge in [-0.15, -0.1) is 0 Å². The number of H-pyrrole nitrogens is 1. The van der Waals surface area contributed by atoms with Gasteiger partial charge in [0.2, 0.25) is 0 Å². The van der Waals surface area contributed by atoms with Gasteiger partial charge in [-0.2, -0.15) is 18.3 Å². The highest BCUT2D eigenvalue weighted by Gasteiger charge is 2.41. The van der Waals surface area contributed by atoms with Gasteiger partial charge in [-0.3, -0.25) is 9.89 Å². The highest BCUT2D eigenvalue weighted by atomic mass is 19.4. The Morgan fingerprint density at radius 1 is 1.22 bits per heavy atom. The number of para-hydroxylation sites is 2. The van der Waals surface area contributed by atoms with Crippen molar-refractivity contribution in [1.82, 2.24) is 15.1 Å². The van der Waals surface area contributed by atoms with Gasteiger partial charge >= 0.3 is 6.18 Å². The Morgan fingerprint density at radius 2 is 1.89 bits per heavy atom. The second-order valence-corrected chi connectivity index (χ2v) is 6.25. The second-order valence-electron chi connectivity index (χ2n) is 6.25. The molecule has 9 heteroatoms. The summed E-state index contributed by atoms with van der Waals surface area (Å²) in [5.41, 5.74) is -0.516. The van der Waals surface area contributed by atoms with E-state index in [1.807, 2.05) is 31.2 Å². The molecular weight excluding hydrogens is 361 g/mol. The molecule has 1 fully saturated rings. The third-order valence-electron chi connectivity index (χ3n) is 4.50. The van der Waals surface area contributed by atoms with E-state index in [-0.39, 0.29) is 5.69 Å². The van der Waals surface area contributed by atoms with Crippen LogP contribution in [0.25, 0.3) is 0 Å². The Morgan fingerprint density at radius 3 is 2.52 bits per heavy atom. The zero-order valence-electron chi connectivity index (χ0n) is 15.1. The number of carbonyl (C=O) groups is 1. The Kier molecular flexibility index (Phi) is 5.29. The van der Waals surface area contributed by atoms with Crippen LogP contribution in [0.4, 0.5) is 18.9 Å². The molecule has 1 saturated heterocycles. The number of alkyl halides is 3. The molecule has 0 unspecified atom stereocenters. The van der Waals surface area contributed by atoms with E-state index >= 15 is 0 Å². The zero-order chi connectivity index (χ0) is 19.6. The maximum absolute atomic E-state index is 13.1. The summed E-state index contributed by atoms with van der Waals surface area (Å²) in [6.45, 7) is 5.52. The van der Waals surface area contributed by atoms with E-state index in [0.29, 0.717) is 32.8 Å². The first-order valence-electron chi connectivity index (χ1n) is 8.71. The van der Waals surface area contributed by atoms with E-state index in [9.17, 15) is 18.0 Å². The van der Waals surface area contributed by atoms with Crippen molar-refractivity contribution in [3.05, 3.63) is 41.2 Å². The molecule has 6 nitrogen and oxygen atoms in total. The van der Waals surface area contributed by atoms with Gasteiger partial charge < -0.3 is 14.5 Å². The Balaban J connectivity index is 1.74. The predicted octanol–water partition coefficient (Wildman–Crippen LogP) is 3.10. The third-order valence-corrected chi connectivity index (χ3v) is 4.50. The lowest BCUT2D eigenvalue weighted by atomic mass is 10.1. The van der Waals surface area contributed by atoms with Gasteiger partial charge in [0.15, 0.2) is 5.69 Å². The van der Waals surface area contributed by atoms with Gasteiger partial charge in [0.25, 0.3) is 5.91 Å². The van der Waals surface area contributed by atoms with Crippen LogP contribution in [0.5, 0.6) is 5.75 Å². The number of ether oxygens (including phenoxy) is 1. The standard InChI is InChI=1S/C18H21F3N4O2/c1-3-27-14-7-5-4-6-13(14)24-8-10-25(11-9-24)17(26)15-12(2)22-23-16(15)18(19,20)21/h4-7H,3,8-11H2,1-2H3,(H,22,23). The molecule has 3 rings (SSSR count). The number of benzene rings is 1. The van der Waals surface area contributed by atoms with Gasteiger partial charge in [0.1, 0.15) is 5.75 Å². The number of amides is 1. The summed E-state index contributed by atoms with van der Waals surface area (Å²) < 4.78 is 45.0. The van der Waals surface area contributed by atoms with Crippen molar-refractivity contribution in [2.75, 3.05) is 37.7 Å². The van der Waals surface area contributed by atoms with E-state index in [1.165, 1.54) is 11.8 Å². The smallest absolute Gasteiger partial charge is 0.435 e. The van der Waals surface area contributed by atoms with Gasteiger partial charge in [0.05, 0.1) is 17.9 Å². The molecule has 1 aliphatic heterocycles. The molecule has 146 valence electrons. The van der Waals surface area contributed by atoms with Crippen LogP contribution in [-0.2, 0) is 6.18 Å². The topological polar surface area (TPSA) is 61.5 Å². The average molecular weight is 382 g/mol. The molecular formula is C18H21F3N4O2. The average Bonchev–Trinajstić information content (AvgIpc) is 3.04. The monoisotopic (exact) mass is 382 g/mol. The number of carbonyl (C=O) groups excluding carboxylic acids is 1. The molecule has 0 bridgehead atoms. The first kappa shape index (κ1) is 19.1. The number of aryl methyl sites for hydroxylation is 1. The van der Waals surface area contributed by atoms with Crippen molar-refractivity contribution in [2.24, 2.45) is 0 Å². The Bertz CT molecular complexity index is 811. The minimum absolute atomic E-state index is 0.122. The first-order valence-corrected chi connectivity index (χ1v) is 8.71. The van der Waals surface area contributed by atoms with Crippen LogP contribution in [0, 0.1) is 6.92 Å². The Labute approximate surface area is 154 Å². The van der Waals surface area contributed by atoms with Crippen LogP contribution in [0.3, 0.4) is 0 Å². The molecule has 0 radical (unpaired) electrons. The summed E-state index contributed by atoms with van der Waals surface area (Å²) in [5.74, 6) is 0.108. The summed E-state index contributed by atoms with van der Waals surface area (Å²) in [5, 5.41) is 5.55. The molecule has 1 amide bonds. The van der Waals surface area contributed by atoms with E-state index in [1.54, 1.807) is 0 Å². The summed E-state index contributed by atoms with van der Waals surface area (Å²) >= 11 is 0. The molecule has 0 saturated carbocycles. The fraction of sp³-hybridized carbons (Fsp3) is 0.444. The summed E-state index contributed by atoms with van der Waals surface area (Å²) in [6, 6.07) is 7.60. The molecule has 0 spiro atoms. The van der Waals surface area contributed by atoms with Crippen LogP contribution in [0.2, 0.25) is 0 Å². The quantitative estimate of drug-likeness (QED) is 0.883. The summed E-state index contributed by atoms with van der Waals surface area (Å²) in [7, 11) is 0. The lowest BCUT2D eigenvalue weighted by Gasteiger charge is -2.36. The van der Waals surface area contributed by atoms with Crippen molar-refractivity contribution < 1.29 is 22.7 Å². The minimum atomic E-state index is -4.67. The van der Waals surface area contributed by atoms with E-state index < -0.39 is 23.3 Å². The molecule has 1 aromatic carbocycles. The predicted molar refractivity (Wildman–Crippen MR) is 94.1 cm³/mol. The van der Waals surface area contributed by atoms with Crippen molar-refractivity contribution in [3.63, 3.8) is 0 Å². The lowest BCUT2D eigenvalue weighted by molar-refractivity contribution is -0.141. The van der Waals surface area contributed by atoms with Crippen molar-refractivity contribution in [1.29, 1.82) is 0 Å². The first-order chi connectivity index (χ1) is 12.8. The highest BCUT2D eigenvalue weighted by molar-refractivity contribution is 5.96. The molecule has 1 aromatic heterocycles. The van der Waals surface area contributed by atoms with Crippen LogP contribution in [0.15, 0.2) is 24.3 Å². The van der Waals surface area contributed by atoms with Gasteiger partial charge in [-0.05, 0) is 26.0 Å². The molecule has 2 aromatic rings. The number of aromatic nitrogens is 2. The number of hydrogen-bond donors (Lipinski definition) is 1. The van der Waals surface area contributed by atoms with Crippen LogP contribution < -0.4 is 9.64 Å². The van der Waals surface area contributed by atoms with Crippen molar-refractivity contribution in [3.8, 4) is 5.75 Å². The lowest BCUT2D eigenvalue weighted by Crippen LogP contribution is -2.49. The highest BCUT2D eigenvalue weighted by Crippen LogP contribution is 2.33. The van der Waals surface area contributed by atoms with Crippen LogP contribution >= 0.6 is 0 Å². The fourth-order valence-corrected chi connectivity index (χ4v) is 3.20. The molecule has 1 N–H and O–H groups in total. The number of hydrogen-bond acceptors (Lipinski definition) is 4. The number of anilines is 1. The molecule has 0 atom stereocenters. The van der Waals surface area contributed by atoms with E-state index in [2.05, 4.69) is 15.1 Å². The van der Waals surface area contributed by atoms with Gasteiger partial charge in [-0.1, -0.05) is 12.1 Å². The summed E-state index contributed by atoms with van der Waals surface area (Å²) in [4.78, 5) is 16.2. The van der Waals surface area contributed by atoms with Gasteiger partial charge in [-0.25, -0.2) is 0 Å².